The van der Waals surface area contributed by atoms with Gasteiger partial charge < -0.3 is 14.8 Å². The number of benzene rings is 3. The van der Waals surface area contributed by atoms with Crippen molar-refractivity contribution in [3.8, 4) is 11.3 Å². The highest BCUT2D eigenvalue weighted by molar-refractivity contribution is 6.32. The standard InChI is InChI=1S/C17H13BN2O3/c21-18(22)23-20-9-8-17(19-20)15-7-3-6-14-10-12-4-1-2-5-13(12)11-16(14)15/h1-11,21-22H. The summed E-state index contributed by atoms with van der Waals surface area (Å²) in [7, 11) is -1.90. The molecule has 4 rings (SSSR count). The Kier molecular flexibility index (Phi) is 3.26. The molecule has 0 spiro atoms. The third-order valence-electron chi connectivity index (χ3n) is 3.79. The first-order chi connectivity index (χ1) is 11.2. The van der Waals surface area contributed by atoms with E-state index in [4.69, 9.17) is 14.8 Å². The van der Waals surface area contributed by atoms with E-state index in [1.165, 1.54) is 11.6 Å². The number of hydrogen-bond acceptors (Lipinski definition) is 4. The normalized spacial score (nSPS) is 11.0. The summed E-state index contributed by atoms with van der Waals surface area (Å²) in [5, 5.41) is 26.5. The molecule has 5 nitrogen and oxygen atoms in total. The Morgan fingerprint density at radius 2 is 1.61 bits per heavy atom. The fourth-order valence-corrected chi connectivity index (χ4v) is 2.80. The van der Waals surface area contributed by atoms with Gasteiger partial charge in [0.15, 0.2) is 0 Å². The van der Waals surface area contributed by atoms with Gasteiger partial charge in [-0.3, -0.25) is 0 Å². The largest absolute Gasteiger partial charge is 0.729 e. The molecule has 2 N–H and O–H groups in total. The number of hydrogen-bond donors (Lipinski definition) is 2. The zero-order chi connectivity index (χ0) is 15.8. The first-order valence-corrected chi connectivity index (χ1v) is 7.21. The molecule has 0 aliphatic rings. The predicted octanol–water partition coefficient (Wildman–Crippen LogP) is 2.25. The van der Waals surface area contributed by atoms with Gasteiger partial charge in [0.2, 0.25) is 0 Å². The molecule has 0 fully saturated rings. The zero-order valence-corrected chi connectivity index (χ0v) is 12.1. The van der Waals surface area contributed by atoms with E-state index in [-0.39, 0.29) is 0 Å². The third-order valence-corrected chi connectivity index (χ3v) is 3.79. The second-order valence-electron chi connectivity index (χ2n) is 5.26. The predicted molar refractivity (Wildman–Crippen MR) is 89.4 cm³/mol. The molecule has 3 aromatic carbocycles. The molecule has 112 valence electrons. The van der Waals surface area contributed by atoms with E-state index in [2.05, 4.69) is 35.4 Å². The van der Waals surface area contributed by atoms with Crippen LogP contribution < -0.4 is 4.76 Å². The van der Waals surface area contributed by atoms with Crippen LogP contribution in [0.3, 0.4) is 0 Å². The van der Waals surface area contributed by atoms with E-state index >= 15 is 0 Å². The van der Waals surface area contributed by atoms with Crippen LogP contribution in [0.25, 0.3) is 32.8 Å². The minimum Gasteiger partial charge on any atom is -0.405 e. The van der Waals surface area contributed by atoms with Crippen molar-refractivity contribution in [1.82, 2.24) is 9.94 Å². The fraction of sp³-hybridized carbons (Fsp3) is 0. The summed E-state index contributed by atoms with van der Waals surface area (Å²) >= 11 is 0. The van der Waals surface area contributed by atoms with Crippen molar-refractivity contribution in [2.24, 2.45) is 0 Å². The first-order valence-electron chi connectivity index (χ1n) is 7.21. The summed E-state index contributed by atoms with van der Waals surface area (Å²) in [6.07, 6.45) is 1.54. The lowest BCUT2D eigenvalue weighted by Crippen LogP contribution is -2.29. The van der Waals surface area contributed by atoms with E-state index in [1.54, 1.807) is 6.07 Å². The maximum absolute atomic E-state index is 8.85. The summed E-state index contributed by atoms with van der Waals surface area (Å²) in [5.74, 6) is 0. The molecule has 1 aromatic heterocycles. The smallest absolute Gasteiger partial charge is 0.405 e. The van der Waals surface area contributed by atoms with Gasteiger partial charge in [0, 0.05) is 5.56 Å². The lowest BCUT2D eigenvalue weighted by molar-refractivity contribution is 0.141. The monoisotopic (exact) mass is 304 g/mol. The molecule has 4 aromatic rings. The Morgan fingerprint density at radius 3 is 2.39 bits per heavy atom. The molecule has 0 atom stereocenters. The molecule has 0 aliphatic heterocycles. The Labute approximate surface area is 132 Å². The van der Waals surface area contributed by atoms with Crippen LogP contribution in [0.4, 0.5) is 0 Å². The zero-order valence-electron chi connectivity index (χ0n) is 12.1. The highest BCUT2D eigenvalue weighted by Gasteiger charge is 2.14. The van der Waals surface area contributed by atoms with Crippen LogP contribution in [0.2, 0.25) is 0 Å². The van der Waals surface area contributed by atoms with Crippen LogP contribution in [0, 0.1) is 0 Å². The average molecular weight is 304 g/mol. The van der Waals surface area contributed by atoms with Gasteiger partial charge >= 0.3 is 7.32 Å². The summed E-state index contributed by atoms with van der Waals surface area (Å²) in [5.41, 5.74) is 1.66. The van der Waals surface area contributed by atoms with E-state index < -0.39 is 7.32 Å². The molecule has 0 saturated carbocycles. The molecule has 0 saturated heterocycles. The quantitative estimate of drug-likeness (QED) is 0.450. The van der Waals surface area contributed by atoms with Crippen molar-refractivity contribution in [1.29, 1.82) is 0 Å². The minimum absolute atomic E-state index is 0.700. The van der Waals surface area contributed by atoms with Crippen molar-refractivity contribution in [3.05, 3.63) is 66.9 Å². The second kappa shape index (κ2) is 5.42. The van der Waals surface area contributed by atoms with Crippen molar-refractivity contribution in [3.63, 3.8) is 0 Å². The molecule has 0 radical (unpaired) electrons. The van der Waals surface area contributed by atoms with Crippen LogP contribution in [0.15, 0.2) is 66.9 Å². The summed E-state index contributed by atoms with van der Waals surface area (Å²) in [6.45, 7) is 0. The number of rotatable bonds is 3. The molecule has 6 heteroatoms. The van der Waals surface area contributed by atoms with Crippen LogP contribution in [-0.4, -0.2) is 27.3 Å². The molecule has 0 aliphatic carbocycles. The van der Waals surface area contributed by atoms with Crippen LogP contribution in [0.5, 0.6) is 0 Å². The third kappa shape index (κ3) is 2.54. The first kappa shape index (κ1) is 13.8. The van der Waals surface area contributed by atoms with E-state index in [9.17, 15) is 0 Å². The molecular formula is C17H13BN2O3. The van der Waals surface area contributed by atoms with Gasteiger partial charge in [0.25, 0.3) is 0 Å². The molecule has 0 bridgehead atoms. The molecule has 0 unspecified atom stereocenters. The maximum Gasteiger partial charge on any atom is 0.729 e. The van der Waals surface area contributed by atoms with Crippen molar-refractivity contribution in [2.45, 2.75) is 0 Å². The van der Waals surface area contributed by atoms with Gasteiger partial charge in [-0.05, 0) is 39.7 Å². The van der Waals surface area contributed by atoms with Gasteiger partial charge in [-0.2, -0.15) is 0 Å². The van der Waals surface area contributed by atoms with Crippen LogP contribution >= 0.6 is 0 Å². The van der Waals surface area contributed by atoms with E-state index in [1.807, 2.05) is 24.3 Å². The maximum atomic E-state index is 8.85. The Balaban J connectivity index is 1.89. The summed E-state index contributed by atoms with van der Waals surface area (Å²) < 4.78 is 4.72. The van der Waals surface area contributed by atoms with Crippen molar-refractivity contribution < 1.29 is 14.8 Å². The topological polar surface area (TPSA) is 67.5 Å². The minimum atomic E-state index is -1.90. The molecule has 0 amide bonds. The Morgan fingerprint density at radius 1 is 0.870 bits per heavy atom. The van der Waals surface area contributed by atoms with Gasteiger partial charge in [-0.15, -0.1) is 9.94 Å². The summed E-state index contributed by atoms with van der Waals surface area (Å²) in [4.78, 5) is 1.04. The molecule has 1 heterocycles. The van der Waals surface area contributed by atoms with E-state index in [0.717, 1.165) is 26.6 Å². The highest BCUT2D eigenvalue weighted by atomic mass is 16.7. The van der Waals surface area contributed by atoms with Gasteiger partial charge in [0.05, 0.1) is 11.9 Å². The van der Waals surface area contributed by atoms with Crippen LogP contribution in [-0.2, 0) is 0 Å². The molecule has 23 heavy (non-hydrogen) atoms. The van der Waals surface area contributed by atoms with Crippen LogP contribution in [0.1, 0.15) is 0 Å². The Bertz CT molecular complexity index is 997. The van der Waals surface area contributed by atoms with Crippen molar-refractivity contribution >= 4 is 28.9 Å². The average Bonchev–Trinajstić information content (AvgIpc) is 2.99. The lowest BCUT2D eigenvalue weighted by Gasteiger charge is -2.07. The SMILES string of the molecule is OB(O)On1ccc(-c2cccc3cc4ccccc4cc23)n1. The Hall–Kier alpha value is -2.83. The van der Waals surface area contributed by atoms with Gasteiger partial charge in [-0.25, -0.2) is 0 Å². The number of nitrogens with zero attached hydrogens (tertiary/aromatic N) is 2. The fourth-order valence-electron chi connectivity index (χ4n) is 2.80. The number of fused-ring (bicyclic) bond motifs is 2. The lowest BCUT2D eigenvalue weighted by atomic mass is 9.98. The highest BCUT2D eigenvalue weighted by Crippen LogP contribution is 2.30. The van der Waals surface area contributed by atoms with Gasteiger partial charge in [0.1, 0.15) is 0 Å². The van der Waals surface area contributed by atoms with E-state index in [0.29, 0.717) is 5.69 Å². The van der Waals surface area contributed by atoms with Gasteiger partial charge in [-0.1, -0.05) is 42.5 Å². The van der Waals surface area contributed by atoms with Crippen molar-refractivity contribution in [2.75, 3.05) is 0 Å². The molecular weight excluding hydrogens is 291 g/mol. The second-order valence-corrected chi connectivity index (χ2v) is 5.26. The number of aromatic nitrogens is 2. The summed E-state index contributed by atoms with van der Waals surface area (Å²) in [6, 6.07) is 20.3.